The fourth-order valence-electron chi connectivity index (χ4n) is 4.03. The zero-order valence-corrected chi connectivity index (χ0v) is 15.4. The molecule has 1 amide bonds. The second kappa shape index (κ2) is 7.28. The lowest BCUT2D eigenvalue weighted by molar-refractivity contribution is -0.131. The summed E-state index contributed by atoms with van der Waals surface area (Å²) in [4.78, 5) is 36.7. The molecule has 5 nitrogen and oxygen atoms in total. The number of aromatic amines is 1. The molecule has 0 spiro atoms. The first-order valence-electron chi connectivity index (χ1n) is 9.53. The number of amides is 1. The molecule has 0 atom stereocenters. The summed E-state index contributed by atoms with van der Waals surface area (Å²) in [5.74, 6) is 0.842. The van der Waals surface area contributed by atoms with Crippen molar-refractivity contribution in [2.45, 2.75) is 64.2 Å². The molecule has 0 aromatic carbocycles. The summed E-state index contributed by atoms with van der Waals surface area (Å²) in [5, 5.41) is 0.794. The van der Waals surface area contributed by atoms with Gasteiger partial charge in [-0.3, -0.25) is 9.59 Å². The Morgan fingerprint density at radius 2 is 1.84 bits per heavy atom. The van der Waals surface area contributed by atoms with E-state index in [0.717, 1.165) is 55.4 Å². The molecular weight excluding hydrogens is 334 g/mol. The highest BCUT2D eigenvalue weighted by Gasteiger charge is 2.20. The van der Waals surface area contributed by atoms with Gasteiger partial charge in [-0.2, -0.15) is 0 Å². The van der Waals surface area contributed by atoms with Crippen LogP contribution in [0.1, 0.15) is 61.2 Å². The van der Waals surface area contributed by atoms with Crippen LogP contribution < -0.4 is 5.56 Å². The fourth-order valence-corrected chi connectivity index (χ4v) is 5.31. The molecule has 4 rings (SSSR count). The number of carbonyl (C=O) groups excluding carboxylic acids is 1. The highest BCUT2D eigenvalue weighted by atomic mass is 32.1. The predicted octanol–water partition coefficient (Wildman–Crippen LogP) is 3.20. The Bertz CT molecular complexity index is 831. The van der Waals surface area contributed by atoms with Crippen molar-refractivity contribution < 1.29 is 4.79 Å². The van der Waals surface area contributed by atoms with Crippen LogP contribution in [-0.2, 0) is 24.1 Å². The van der Waals surface area contributed by atoms with Gasteiger partial charge in [-0.1, -0.05) is 12.8 Å². The fraction of sp³-hybridized carbons (Fsp3) is 0.632. The average molecular weight is 359 g/mol. The van der Waals surface area contributed by atoms with Gasteiger partial charge in [0.1, 0.15) is 10.7 Å². The van der Waals surface area contributed by atoms with E-state index < -0.39 is 0 Å². The highest BCUT2D eigenvalue weighted by Crippen LogP contribution is 2.33. The minimum atomic E-state index is -0.0263. The third-order valence-electron chi connectivity index (χ3n) is 5.41. The van der Waals surface area contributed by atoms with Crippen LogP contribution in [0.15, 0.2) is 4.79 Å². The van der Waals surface area contributed by atoms with Crippen molar-refractivity contribution in [3.05, 3.63) is 26.6 Å². The van der Waals surface area contributed by atoms with Crippen molar-refractivity contribution in [3.8, 4) is 0 Å². The number of aromatic nitrogens is 2. The molecule has 1 saturated heterocycles. The Labute approximate surface area is 151 Å². The number of carbonyl (C=O) groups is 1. The third-order valence-corrected chi connectivity index (χ3v) is 6.59. The number of hydrogen-bond donors (Lipinski definition) is 1. The number of rotatable bonds is 3. The van der Waals surface area contributed by atoms with E-state index in [1.807, 2.05) is 4.90 Å². The van der Waals surface area contributed by atoms with Gasteiger partial charge < -0.3 is 9.88 Å². The summed E-state index contributed by atoms with van der Waals surface area (Å²) in [5.41, 5.74) is 1.19. The number of hydrogen-bond acceptors (Lipinski definition) is 4. The number of likely N-dealkylation sites (tertiary alicyclic amines) is 1. The van der Waals surface area contributed by atoms with Crippen LogP contribution >= 0.6 is 11.3 Å². The van der Waals surface area contributed by atoms with E-state index in [1.54, 1.807) is 11.3 Å². The van der Waals surface area contributed by atoms with Crippen molar-refractivity contribution in [2.75, 3.05) is 13.1 Å². The van der Waals surface area contributed by atoms with Crippen LogP contribution in [-0.4, -0.2) is 33.9 Å². The number of nitrogens with one attached hydrogen (secondary N) is 1. The van der Waals surface area contributed by atoms with E-state index in [9.17, 15) is 9.59 Å². The minimum Gasteiger partial charge on any atom is -0.343 e. The van der Waals surface area contributed by atoms with Crippen molar-refractivity contribution in [1.29, 1.82) is 0 Å². The topological polar surface area (TPSA) is 66.1 Å². The second-order valence-corrected chi connectivity index (χ2v) is 8.28. The molecule has 3 heterocycles. The van der Waals surface area contributed by atoms with Gasteiger partial charge in [0, 0.05) is 30.8 Å². The monoisotopic (exact) mass is 359 g/mol. The Hall–Kier alpha value is -1.69. The van der Waals surface area contributed by atoms with Crippen LogP contribution in [0, 0.1) is 0 Å². The van der Waals surface area contributed by atoms with E-state index in [-0.39, 0.29) is 11.5 Å². The summed E-state index contributed by atoms with van der Waals surface area (Å²) >= 11 is 1.67. The van der Waals surface area contributed by atoms with Gasteiger partial charge in [0.25, 0.3) is 5.56 Å². The van der Waals surface area contributed by atoms with Crippen LogP contribution in [0.25, 0.3) is 10.2 Å². The van der Waals surface area contributed by atoms with Crippen molar-refractivity contribution in [3.63, 3.8) is 0 Å². The maximum atomic E-state index is 12.5. The number of H-pyrrole nitrogens is 1. The quantitative estimate of drug-likeness (QED) is 0.915. The Balaban J connectivity index is 1.50. The Kier molecular flexibility index (Phi) is 4.88. The number of aryl methyl sites for hydroxylation is 3. The molecule has 1 N–H and O–H groups in total. The predicted molar refractivity (Wildman–Crippen MR) is 100 cm³/mol. The highest BCUT2D eigenvalue weighted by molar-refractivity contribution is 7.18. The van der Waals surface area contributed by atoms with E-state index in [0.29, 0.717) is 18.7 Å². The molecule has 2 aliphatic rings. The number of nitrogens with zero attached hydrogens (tertiary/aromatic N) is 2. The minimum absolute atomic E-state index is 0.0263. The first-order chi connectivity index (χ1) is 12.2. The molecule has 134 valence electrons. The van der Waals surface area contributed by atoms with Gasteiger partial charge >= 0.3 is 0 Å². The largest absolute Gasteiger partial charge is 0.343 e. The second-order valence-electron chi connectivity index (χ2n) is 7.20. The van der Waals surface area contributed by atoms with Gasteiger partial charge in [-0.25, -0.2) is 4.98 Å². The van der Waals surface area contributed by atoms with Crippen LogP contribution in [0.3, 0.4) is 0 Å². The summed E-state index contributed by atoms with van der Waals surface area (Å²) in [7, 11) is 0. The molecule has 0 bridgehead atoms. The molecule has 0 unspecified atom stereocenters. The smallest absolute Gasteiger partial charge is 0.259 e. The molecule has 1 aliphatic heterocycles. The maximum absolute atomic E-state index is 12.5. The molecule has 25 heavy (non-hydrogen) atoms. The molecule has 0 saturated carbocycles. The first kappa shape index (κ1) is 16.8. The Morgan fingerprint density at radius 1 is 1.08 bits per heavy atom. The van der Waals surface area contributed by atoms with Crippen molar-refractivity contribution >= 4 is 27.5 Å². The van der Waals surface area contributed by atoms with Crippen LogP contribution in [0.5, 0.6) is 0 Å². The lowest BCUT2D eigenvalue weighted by Gasteiger charge is -2.20. The van der Waals surface area contributed by atoms with Crippen molar-refractivity contribution in [1.82, 2.24) is 14.9 Å². The van der Waals surface area contributed by atoms with Gasteiger partial charge in [0.2, 0.25) is 5.91 Å². The Morgan fingerprint density at radius 3 is 2.64 bits per heavy atom. The lowest BCUT2D eigenvalue weighted by Crippen LogP contribution is -2.32. The summed E-state index contributed by atoms with van der Waals surface area (Å²) in [6.07, 6.45) is 10.0. The zero-order valence-electron chi connectivity index (χ0n) is 14.6. The summed E-state index contributed by atoms with van der Waals surface area (Å²) in [6, 6.07) is 0. The lowest BCUT2D eigenvalue weighted by atomic mass is 9.97. The van der Waals surface area contributed by atoms with Gasteiger partial charge in [-0.05, 0) is 44.1 Å². The summed E-state index contributed by atoms with van der Waals surface area (Å²) in [6.45, 7) is 1.75. The first-order valence-corrected chi connectivity index (χ1v) is 10.4. The standard InChI is InChI=1S/C19H25N3O2S/c23-16(22-11-5-1-2-6-12-22)10-9-15-20-18(24)17-13-7-3-4-8-14(13)25-19(17)21-15/h1-12H2,(H,20,21,24). The van der Waals surface area contributed by atoms with E-state index in [2.05, 4.69) is 9.97 Å². The van der Waals surface area contributed by atoms with Gasteiger partial charge in [0.15, 0.2) is 0 Å². The zero-order chi connectivity index (χ0) is 17.2. The van der Waals surface area contributed by atoms with Gasteiger partial charge in [-0.15, -0.1) is 11.3 Å². The molecule has 1 fully saturated rings. The maximum Gasteiger partial charge on any atom is 0.259 e. The molecule has 0 radical (unpaired) electrons. The van der Waals surface area contributed by atoms with E-state index in [1.165, 1.54) is 29.7 Å². The van der Waals surface area contributed by atoms with Crippen LogP contribution in [0.2, 0.25) is 0 Å². The van der Waals surface area contributed by atoms with Gasteiger partial charge in [0.05, 0.1) is 5.39 Å². The van der Waals surface area contributed by atoms with E-state index in [4.69, 9.17) is 0 Å². The van der Waals surface area contributed by atoms with E-state index >= 15 is 0 Å². The number of thiophene rings is 1. The normalized spacial score (nSPS) is 18.2. The van der Waals surface area contributed by atoms with Crippen LogP contribution in [0.4, 0.5) is 0 Å². The molecule has 1 aliphatic carbocycles. The van der Waals surface area contributed by atoms with Crippen molar-refractivity contribution in [2.24, 2.45) is 0 Å². The third kappa shape index (κ3) is 3.50. The molecule has 2 aromatic heterocycles. The number of fused-ring (bicyclic) bond motifs is 3. The molecule has 2 aromatic rings. The molecule has 6 heteroatoms. The molecular formula is C19H25N3O2S. The SMILES string of the molecule is O=C(CCc1nc2sc3c(c2c(=O)[nH]1)CCCC3)N1CCCCCC1. The summed E-state index contributed by atoms with van der Waals surface area (Å²) < 4.78 is 0. The average Bonchev–Trinajstić information content (AvgIpc) is 2.79.